The molecule has 4 fully saturated rings. The summed E-state index contributed by atoms with van der Waals surface area (Å²) in [4.78, 5) is 40.1. The number of carbonyl (C=O) groups excluding carboxylic acids is 3. The third-order valence-corrected chi connectivity index (χ3v) is 8.56. The Labute approximate surface area is 224 Å². The Morgan fingerprint density at radius 2 is 1.66 bits per heavy atom. The van der Waals surface area contributed by atoms with Gasteiger partial charge in [-0.3, -0.25) is 9.59 Å². The average Bonchev–Trinajstić information content (AvgIpc) is 3.36. The quantitative estimate of drug-likeness (QED) is 0.285. The van der Waals surface area contributed by atoms with Crippen LogP contribution in [0.1, 0.15) is 43.2 Å². The van der Waals surface area contributed by atoms with Crippen LogP contribution in [0.4, 0.5) is 0 Å². The van der Waals surface area contributed by atoms with Crippen molar-refractivity contribution < 1.29 is 28.7 Å². The summed E-state index contributed by atoms with van der Waals surface area (Å²) in [6, 6.07) is 17.8. The maximum absolute atomic E-state index is 13.7. The zero-order valence-electron chi connectivity index (χ0n) is 21.9. The van der Waals surface area contributed by atoms with Crippen LogP contribution in [0.15, 0.2) is 60.7 Å². The Kier molecular flexibility index (Phi) is 7.81. The standard InChI is InChI=1S/C30H37N3O5/c34-27(31-16-8-18-32-17-7-13-28(32)35)22-33-19-14-23(15-20-33)26(21-33)38-29(36)30(37,24-9-3-1-4-10-24)25-11-5-2-6-12-25/h1-6,9-12,23,26,37H,7-8,13-22H2/p+1/t23?,26-,33?/m0/s1. The second-order valence-electron chi connectivity index (χ2n) is 11.0. The molecule has 4 aliphatic heterocycles. The van der Waals surface area contributed by atoms with Crippen LogP contribution < -0.4 is 5.32 Å². The molecule has 8 heteroatoms. The topological polar surface area (TPSA) is 95.9 Å². The fourth-order valence-corrected chi connectivity index (χ4v) is 6.36. The van der Waals surface area contributed by atoms with Gasteiger partial charge in [-0.2, -0.15) is 0 Å². The van der Waals surface area contributed by atoms with Crippen molar-refractivity contribution in [2.45, 2.75) is 43.8 Å². The predicted octanol–water partition coefficient (Wildman–Crippen LogP) is 2.20. The lowest BCUT2D eigenvalue weighted by Crippen LogP contribution is -2.67. The zero-order chi connectivity index (χ0) is 26.6. The highest BCUT2D eigenvalue weighted by Gasteiger charge is 2.51. The van der Waals surface area contributed by atoms with Gasteiger partial charge in [0.05, 0.1) is 13.1 Å². The van der Waals surface area contributed by atoms with Crippen LogP contribution in [0.25, 0.3) is 0 Å². The Hall–Kier alpha value is -3.23. The highest BCUT2D eigenvalue weighted by Crippen LogP contribution is 2.38. The van der Waals surface area contributed by atoms with E-state index in [0.717, 1.165) is 45.3 Å². The minimum absolute atomic E-state index is 0.00625. The van der Waals surface area contributed by atoms with Gasteiger partial charge in [-0.1, -0.05) is 60.7 Å². The molecule has 0 unspecified atom stereocenters. The molecule has 2 amide bonds. The van der Waals surface area contributed by atoms with Crippen molar-refractivity contribution in [3.8, 4) is 0 Å². The highest BCUT2D eigenvalue weighted by molar-refractivity contribution is 5.85. The Morgan fingerprint density at radius 1 is 1.03 bits per heavy atom. The number of hydrogen-bond donors (Lipinski definition) is 2. The number of quaternary nitrogens is 1. The SMILES string of the molecule is O=C(C[N+]12CCC(CC1)[C@@H](OC(=O)C(O)(c1ccccc1)c1ccccc1)C2)NCCCN1CCCC1=O. The minimum Gasteiger partial charge on any atom is -0.453 e. The van der Waals surface area contributed by atoms with Crippen LogP contribution in [-0.2, 0) is 24.7 Å². The number of nitrogens with zero attached hydrogens (tertiary/aromatic N) is 2. The number of fused-ring (bicyclic) bond motifs is 3. The fraction of sp³-hybridized carbons (Fsp3) is 0.500. The van der Waals surface area contributed by atoms with E-state index in [1.54, 1.807) is 48.5 Å². The first-order valence-electron chi connectivity index (χ1n) is 13.8. The summed E-state index contributed by atoms with van der Waals surface area (Å²) in [6.07, 6.45) is 3.73. The monoisotopic (exact) mass is 520 g/mol. The zero-order valence-corrected chi connectivity index (χ0v) is 21.9. The van der Waals surface area contributed by atoms with Crippen molar-refractivity contribution >= 4 is 17.8 Å². The van der Waals surface area contributed by atoms with Gasteiger partial charge < -0.3 is 24.5 Å². The summed E-state index contributed by atoms with van der Waals surface area (Å²) in [5, 5.41) is 14.8. The molecule has 2 aromatic rings. The molecule has 2 aromatic carbocycles. The van der Waals surface area contributed by atoms with Crippen LogP contribution in [0.3, 0.4) is 0 Å². The molecule has 0 aliphatic carbocycles. The third kappa shape index (κ3) is 5.47. The van der Waals surface area contributed by atoms with Crippen molar-refractivity contribution in [1.29, 1.82) is 0 Å². The van der Waals surface area contributed by atoms with E-state index in [9.17, 15) is 19.5 Å². The third-order valence-electron chi connectivity index (χ3n) is 8.56. The van der Waals surface area contributed by atoms with Gasteiger partial charge in [0.1, 0.15) is 6.54 Å². The summed E-state index contributed by atoms with van der Waals surface area (Å²) in [5.41, 5.74) is -0.972. The molecule has 4 saturated heterocycles. The van der Waals surface area contributed by atoms with E-state index >= 15 is 0 Å². The molecule has 2 N–H and O–H groups in total. The normalized spacial score (nSPS) is 24.9. The Bertz CT molecular complexity index is 1090. The first kappa shape index (κ1) is 26.4. The Morgan fingerprint density at radius 3 is 2.24 bits per heavy atom. The molecular formula is C30H38N3O5+. The van der Waals surface area contributed by atoms with Crippen LogP contribution >= 0.6 is 0 Å². The number of benzene rings is 2. The smallest absolute Gasteiger partial charge is 0.348 e. The number of rotatable bonds is 10. The minimum atomic E-state index is -1.91. The lowest BCUT2D eigenvalue weighted by molar-refractivity contribution is -0.939. The maximum Gasteiger partial charge on any atom is 0.348 e. The molecule has 0 radical (unpaired) electrons. The number of nitrogens with one attached hydrogen (secondary N) is 1. The second kappa shape index (κ2) is 11.3. The first-order chi connectivity index (χ1) is 18.4. The van der Waals surface area contributed by atoms with Gasteiger partial charge in [-0.05, 0) is 24.0 Å². The summed E-state index contributed by atoms with van der Waals surface area (Å²) in [5.74, 6) is -0.241. The highest BCUT2D eigenvalue weighted by atomic mass is 16.6. The molecule has 4 heterocycles. The van der Waals surface area contributed by atoms with Crippen LogP contribution in [0.5, 0.6) is 0 Å². The van der Waals surface area contributed by atoms with Gasteiger partial charge in [-0.25, -0.2) is 4.79 Å². The lowest BCUT2D eigenvalue weighted by atomic mass is 9.82. The molecule has 0 spiro atoms. The lowest BCUT2D eigenvalue weighted by Gasteiger charge is -2.51. The summed E-state index contributed by atoms with van der Waals surface area (Å²) >= 11 is 0. The van der Waals surface area contributed by atoms with E-state index in [4.69, 9.17) is 4.74 Å². The van der Waals surface area contributed by atoms with Crippen molar-refractivity contribution in [1.82, 2.24) is 10.2 Å². The second-order valence-corrected chi connectivity index (χ2v) is 11.0. The molecule has 0 aromatic heterocycles. The number of amides is 2. The van der Waals surface area contributed by atoms with Crippen molar-refractivity contribution in [2.24, 2.45) is 5.92 Å². The van der Waals surface area contributed by atoms with E-state index in [2.05, 4.69) is 5.32 Å². The number of likely N-dealkylation sites (tertiary alicyclic amines) is 1. The molecule has 38 heavy (non-hydrogen) atoms. The largest absolute Gasteiger partial charge is 0.453 e. The van der Waals surface area contributed by atoms with Gasteiger partial charge in [0.15, 0.2) is 12.6 Å². The number of hydrogen-bond acceptors (Lipinski definition) is 5. The van der Waals surface area contributed by atoms with Crippen LogP contribution in [0, 0.1) is 5.92 Å². The number of esters is 1. The van der Waals surface area contributed by atoms with Crippen molar-refractivity contribution in [3.05, 3.63) is 71.8 Å². The molecule has 4 aliphatic rings. The fourth-order valence-electron chi connectivity index (χ4n) is 6.36. The van der Waals surface area contributed by atoms with Crippen molar-refractivity contribution in [3.63, 3.8) is 0 Å². The number of aliphatic hydroxyl groups is 1. The van der Waals surface area contributed by atoms with Crippen molar-refractivity contribution in [2.75, 3.05) is 45.8 Å². The van der Waals surface area contributed by atoms with E-state index in [1.807, 2.05) is 17.0 Å². The molecule has 6 rings (SSSR count). The Balaban J connectivity index is 1.21. The number of piperidine rings is 3. The maximum atomic E-state index is 13.7. The molecular weight excluding hydrogens is 482 g/mol. The molecule has 2 bridgehead atoms. The van der Waals surface area contributed by atoms with Gasteiger partial charge >= 0.3 is 5.97 Å². The average molecular weight is 521 g/mol. The van der Waals surface area contributed by atoms with Gasteiger partial charge in [0.2, 0.25) is 11.5 Å². The van der Waals surface area contributed by atoms with E-state index in [0.29, 0.717) is 48.2 Å². The molecule has 0 saturated carbocycles. The number of ether oxygens (including phenoxy) is 1. The first-order valence-corrected chi connectivity index (χ1v) is 13.8. The van der Waals surface area contributed by atoms with Gasteiger partial charge in [0.25, 0.3) is 5.91 Å². The van der Waals surface area contributed by atoms with E-state index in [1.165, 1.54) is 0 Å². The van der Waals surface area contributed by atoms with Crippen LogP contribution in [0.2, 0.25) is 0 Å². The predicted molar refractivity (Wildman–Crippen MR) is 142 cm³/mol. The number of carbonyl (C=O) groups is 3. The molecule has 202 valence electrons. The summed E-state index contributed by atoms with van der Waals surface area (Å²) in [7, 11) is 0. The van der Waals surface area contributed by atoms with Crippen LogP contribution in [-0.4, -0.2) is 84.2 Å². The van der Waals surface area contributed by atoms with E-state index < -0.39 is 11.6 Å². The summed E-state index contributed by atoms with van der Waals surface area (Å²) < 4.78 is 6.69. The van der Waals surface area contributed by atoms with E-state index in [-0.39, 0.29) is 23.8 Å². The van der Waals surface area contributed by atoms with Gasteiger partial charge in [-0.15, -0.1) is 0 Å². The molecule has 1 atom stereocenters. The molecule has 8 nitrogen and oxygen atoms in total. The summed E-state index contributed by atoms with van der Waals surface area (Å²) in [6.45, 7) is 4.75. The van der Waals surface area contributed by atoms with Gasteiger partial charge in [0, 0.05) is 44.8 Å².